The number of hydrogen-bond donors (Lipinski definition) is 0. The lowest BCUT2D eigenvalue weighted by Crippen LogP contribution is -2.51. The van der Waals surface area contributed by atoms with Gasteiger partial charge in [0.15, 0.2) is 0 Å². The highest BCUT2D eigenvalue weighted by atomic mass is 14.2. The van der Waals surface area contributed by atoms with E-state index >= 15 is 0 Å². The highest BCUT2D eigenvalue weighted by molar-refractivity contribution is 6.73. The maximum absolute atomic E-state index is 2.40. The second-order valence-electron chi connectivity index (χ2n) is 10.4. The molecule has 9 heteroatoms. The Morgan fingerprint density at radius 2 is 0.714 bits per heavy atom. The van der Waals surface area contributed by atoms with E-state index in [0.717, 1.165) is 0 Å². The van der Waals surface area contributed by atoms with Crippen molar-refractivity contribution < 1.29 is 0 Å². The van der Waals surface area contributed by atoms with Crippen molar-refractivity contribution in [2.24, 2.45) is 0 Å². The first-order chi connectivity index (χ1) is 16.6. The van der Waals surface area contributed by atoms with Gasteiger partial charge in [0.2, 0.25) is 0 Å². The van der Waals surface area contributed by atoms with Crippen molar-refractivity contribution >= 4 is 141 Å². The molecule has 0 N–H and O–H groups in total. The first-order valence-corrected chi connectivity index (χ1v) is 12.7. The zero-order valence-electron chi connectivity index (χ0n) is 22.7. The van der Waals surface area contributed by atoms with Crippen LogP contribution in [0.25, 0.3) is 43.8 Å². The van der Waals surface area contributed by atoms with Gasteiger partial charge in [-0.15, -0.1) is 21.9 Å². The summed E-state index contributed by atoms with van der Waals surface area (Å²) >= 11 is 0. The van der Waals surface area contributed by atoms with E-state index in [1.54, 1.807) is 0 Å². The van der Waals surface area contributed by atoms with Gasteiger partial charge >= 0.3 is 0 Å². The fraction of sp³-hybridized carbons (Fsp3) is 0. The summed E-state index contributed by atoms with van der Waals surface area (Å²) in [4.78, 5) is 0. The van der Waals surface area contributed by atoms with Crippen molar-refractivity contribution in [1.29, 1.82) is 0 Å². The largest absolute Gasteiger partial charge is 0.140 e. The molecule has 0 amide bonds. The summed E-state index contributed by atoms with van der Waals surface area (Å²) in [6.07, 6.45) is 0. The highest BCUT2D eigenvalue weighted by Gasteiger charge is 2.22. The number of fused-ring (bicyclic) bond motifs is 2. The third-order valence-electron chi connectivity index (χ3n) is 8.88. The monoisotopic (exact) mass is 438 g/mol. The Hall–Kier alpha value is -2.80. The number of benzene rings is 5. The standard InChI is InChI=1S/C26H27B9/c27-18-16-14(19(28)23(32)25(34)21(16)30)13(15-17(18)22(31)26(35)24(33)20(15)29)12-8-4-7-11(9-12)10-5-2-1-3-6-10/h1-9H,27-35H2. The number of rotatable bonds is 2. The minimum Gasteiger partial charge on any atom is -0.101 e. The van der Waals surface area contributed by atoms with Gasteiger partial charge in [0.25, 0.3) is 0 Å². The fourth-order valence-electron chi connectivity index (χ4n) is 6.21. The van der Waals surface area contributed by atoms with Crippen molar-refractivity contribution in [3.05, 3.63) is 54.6 Å². The molecule has 0 saturated carbocycles. The Morgan fingerprint density at radius 1 is 0.314 bits per heavy atom. The van der Waals surface area contributed by atoms with Crippen LogP contribution in [0, 0.1) is 0 Å². The molecule has 0 spiro atoms. The van der Waals surface area contributed by atoms with Gasteiger partial charge in [0.1, 0.15) is 70.6 Å². The van der Waals surface area contributed by atoms with E-state index in [-0.39, 0.29) is 0 Å². The summed E-state index contributed by atoms with van der Waals surface area (Å²) in [5, 5.41) is 5.71. The molecule has 0 aromatic heterocycles. The van der Waals surface area contributed by atoms with Crippen molar-refractivity contribution in [2.45, 2.75) is 0 Å². The molecule has 0 fully saturated rings. The molecular formula is C26H27B9. The predicted octanol–water partition coefficient (Wildman–Crippen LogP) is -8.35. The lowest BCUT2D eigenvalue weighted by atomic mass is 9.58. The molecule has 0 aliphatic rings. The normalized spacial score (nSPS) is 11.3. The van der Waals surface area contributed by atoms with Gasteiger partial charge in [-0.3, -0.25) is 0 Å². The first kappa shape index (κ1) is 23.9. The molecule has 0 radical (unpaired) electrons. The van der Waals surface area contributed by atoms with Crippen molar-refractivity contribution in [3.63, 3.8) is 0 Å². The Bertz CT molecular complexity index is 1590. The smallest absolute Gasteiger partial charge is 0.101 e. The number of hydrogen-bond acceptors (Lipinski definition) is 0. The first-order valence-electron chi connectivity index (χ1n) is 12.7. The van der Waals surface area contributed by atoms with E-state index in [4.69, 9.17) is 0 Å². The van der Waals surface area contributed by atoms with Crippen LogP contribution in [-0.2, 0) is 0 Å². The Morgan fingerprint density at radius 3 is 1.20 bits per heavy atom. The van der Waals surface area contributed by atoms with E-state index in [0.29, 0.717) is 0 Å². The van der Waals surface area contributed by atoms with Crippen LogP contribution in [0.15, 0.2) is 54.6 Å². The summed E-state index contributed by atoms with van der Waals surface area (Å²) in [7, 11) is 20.8. The van der Waals surface area contributed by atoms with Crippen LogP contribution in [0.3, 0.4) is 0 Å². The van der Waals surface area contributed by atoms with Crippen LogP contribution >= 0.6 is 0 Å². The van der Waals surface area contributed by atoms with E-state index in [2.05, 4.69) is 125 Å². The third kappa shape index (κ3) is 3.50. The van der Waals surface area contributed by atoms with E-state index in [9.17, 15) is 0 Å². The molecule has 0 atom stereocenters. The zero-order valence-corrected chi connectivity index (χ0v) is 22.7. The van der Waals surface area contributed by atoms with Gasteiger partial charge in [-0.25, -0.2) is 0 Å². The Kier molecular flexibility index (Phi) is 5.95. The molecular weight excluding hydrogens is 410 g/mol. The van der Waals surface area contributed by atoms with Crippen molar-refractivity contribution in [2.75, 3.05) is 0 Å². The minimum atomic E-state index is 1.26. The molecule has 0 nitrogen and oxygen atoms in total. The highest BCUT2D eigenvalue weighted by Crippen LogP contribution is 2.34. The van der Waals surface area contributed by atoms with Gasteiger partial charge in [-0.05, 0) is 49.9 Å². The van der Waals surface area contributed by atoms with Gasteiger partial charge in [0.05, 0.1) is 0 Å². The predicted molar refractivity (Wildman–Crippen MR) is 186 cm³/mol. The molecule has 0 aliphatic carbocycles. The maximum atomic E-state index is 2.40. The summed E-state index contributed by atoms with van der Waals surface area (Å²) in [6, 6.07) is 19.9. The van der Waals surface area contributed by atoms with Crippen LogP contribution in [-0.4, -0.2) is 70.6 Å². The molecule has 0 bridgehead atoms. The summed E-state index contributed by atoms with van der Waals surface area (Å²) in [6.45, 7) is 0. The second kappa shape index (κ2) is 8.70. The van der Waals surface area contributed by atoms with Crippen LogP contribution in [0.1, 0.15) is 0 Å². The molecule has 5 aromatic rings. The summed E-state index contributed by atoms with van der Waals surface area (Å²) in [5.74, 6) is 0. The van der Waals surface area contributed by atoms with Crippen molar-refractivity contribution in [1.82, 2.24) is 0 Å². The third-order valence-corrected chi connectivity index (χ3v) is 8.88. The second-order valence-corrected chi connectivity index (χ2v) is 10.4. The lowest BCUT2D eigenvalue weighted by molar-refractivity contribution is 1.62. The van der Waals surface area contributed by atoms with Crippen LogP contribution in [0.2, 0.25) is 0 Å². The SMILES string of the molecule is Bc1c(B)c(B)c2c(-c3cccc(-c4ccccc4)c3)c3c(B)c(B)c(B)c(B)c3c(B)c2c1B. The van der Waals surface area contributed by atoms with Crippen LogP contribution < -0.4 is 49.2 Å². The van der Waals surface area contributed by atoms with E-state index in [1.165, 1.54) is 93.0 Å². The Balaban J connectivity index is 2.08. The molecule has 158 valence electrons. The van der Waals surface area contributed by atoms with E-state index < -0.39 is 0 Å². The summed E-state index contributed by atoms with van der Waals surface area (Å²) < 4.78 is 0. The van der Waals surface area contributed by atoms with Crippen molar-refractivity contribution in [3.8, 4) is 22.3 Å². The molecule has 5 rings (SSSR count). The average molecular weight is 437 g/mol. The fourth-order valence-corrected chi connectivity index (χ4v) is 6.21. The minimum absolute atomic E-state index is 1.26. The quantitative estimate of drug-likeness (QED) is 0.190. The van der Waals surface area contributed by atoms with Gasteiger partial charge in [-0.1, -0.05) is 75.8 Å². The topological polar surface area (TPSA) is 0 Å². The molecule has 35 heavy (non-hydrogen) atoms. The van der Waals surface area contributed by atoms with Crippen LogP contribution in [0.4, 0.5) is 0 Å². The van der Waals surface area contributed by atoms with Crippen LogP contribution in [0.5, 0.6) is 0 Å². The van der Waals surface area contributed by atoms with Gasteiger partial charge in [0, 0.05) is 0 Å². The molecule has 5 aromatic carbocycles. The molecule has 0 unspecified atom stereocenters. The van der Waals surface area contributed by atoms with Gasteiger partial charge < -0.3 is 0 Å². The van der Waals surface area contributed by atoms with Gasteiger partial charge in [-0.2, -0.15) is 0 Å². The Labute approximate surface area is 217 Å². The zero-order chi connectivity index (χ0) is 25.2. The maximum Gasteiger partial charge on any atom is 0.140 e. The molecule has 0 aliphatic heterocycles. The lowest BCUT2D eigenvalue weighted by Gasteiger charge is -2.27. The average Bonchev–Trinajstić information content (AvgIpc) is 2.88. The summed E-state index contributed by atoms with van der Waals surface area (Å²) in [5.41, 5.74) is 17.9. The molecule has 0 heterocycles. The van der Waals surface area contributed by atoms with E-state index in [1.807, 2.05) is 0 Å². The molecule has 0 saturated heterocycles.